The van der Waals surface area contributed by atoms with Crippen molar-refractivity contribution >= 4 is 5.57 Å². The van der Waals surface area contributed by atoms with Gasteiger partial charge in [0, 0.05) is 6.54 Å². The van der Waals surface area contributed by atoms with E-state index >= 15 is 0 Å². The number of unbranched alkanes of at least 4 members (excludes halogenated alkanes) is 2. The highest BCUT2D eigenvalue weighted by atomic mass is 14.8. The van der Waals surface area contributed by atoms with Gasteiger partial charge in [-0.3, -0.25) is 0 Å². The molecule has 0 saturated carbocycles. The molecule has 0 radical (unpaired) electrons. The van der Waals surface area contributed by atoms with Gasteiger partial charge in [0.05, 0.1) is 0 Å². The monoisotopic (exact) mass is 217 g/mol. The summed E-state index contributed by atoms with van der Waals surface area (Å²) in [4.78, 5) is 0. The van der Waals surface area contributed by atoms with Crippen LogP contribution >= 0.6 is 0 Å². The van der Waals surface area contributed by atoms with Crippen molar-refractivity contribution in [3.05, 3.63) is 42.0 Å². The van der Waals surface area contributed by atoms with Crippen LogP contribution in [0.4, 0.5) is 0 Å². The maximum atomic E-state index is 4.18. The quantitative estimate of drug-likeness (QED) is 0.681. The normalized spacial score (nSPS) is 10.4. The van der Waals surface area contributed by atoms with Crippen molar-refractivity contribution in [1.29, 1.82) is 0 Å². The third-order valence-electron chi connectivity index (χ3n) is 2.80. The van der Waals surface area contributed by atoms with Crippen molar-refractivity contribution in [3.8, 4) is 0 Å². The van der Waals surface area contributed by atoms with Crippen molar-refractivity contribution in [2.75, 3.05) is 7.05 Å². The van der Waals surface area contributed by atoms with Crippen LogP contribution in [0.25, 0.3) is 5.57 Å². The summed E-state index contributed by atoms with van der Waals surface area (Å²) >= 11 is 0. The van der Waals surface area contributed by atoms with E-state index in [0.717, 1.165) is 13.0 Å². The third-order valence-corrected chi connectivity index (χ3v) is 2.80. The SMILES string of the molecule is C=C(CCCCC)c1cccc(CNC)c1. The summed E-state index contributed by atoms with van der Waals surface area (Å²) in [6.07, 6.45) is 4.95. The Labute approximate surface area is 99.6 Å². The maximum absolute atomic E-state index is 4.18. The van der Waals surface area contributed by atoms with Gasteiger partial charge < -0.3 is 5.32 Å². The van der Waals surface area contributed by atoms with Gasteiger partial charge in [-0.05, 0) is 36.6 Å². The van der Waals surface area contributed by atoms with Crippen LogP contribution in [0.2, 0.25) is 0 Å². The highest BCUT2D eigenvalue weighted by Crippen LogP contribution is 2.20. The van der Waals surface area contributed by atoms with Gasteiger partial charge >= 0.3 is 0 Å². The second kappa shape index (κ2) is 7.24. The van der Waals surface area contributed by atoms with E-state index in [1.807, 2.05) is 7.05 Å². The molecule has 1 heteroatoms. The van der Waals surface area contributed by atoms with Gasteiger partial charge in [0.15, 0.2) is 0 Å². The van der Waals surface area contributed by atoms with Crippen molar-refractivity contribution in [2.24, 2.45) is 0 Å². The van der Waals surface area contributed by atoms with Gasteiger partial charge in [0.25, 0.3) is 0 Å². The summed E-state index contributed by atoms with van der Waals surface area (Å²) in [5, 5.41) is 3.17. The Balaban J connectivity index is 2.57. The first-order valence-corrected chi connectivity index (χ1v) is 6.19. The van der Waals surface area contributed by atoms with E-state index in [1.54, 1.807) is 0 Å². The van der Waals surface area contributed by atoms with Gasteiger partial charge in [-0.1, -0.05) is 50.6 Å². The molecular formula is C15H23N. The van der Waals surface area contributed by atoms with Crippen LogP contribution in [0, 0.1) is 0 Å². The Hall–Kier alpha value is -1.08. The van der Waals surface area contributed by atoms with Crippen LogP contribution < -0.4 is 5.32 Å². The summed E-state index contributed by atoms with van der Waals surface area (Å²) in [5.41, 5.74) is 3.90. The molecule has 1 aromatic rings. The Morgan fingerprint density at radius 3 is 2.81 bits per heavy atom. The molecule has 0 aliphatic carbocycles. The van der Waals surface area contributed by atoms with Gasteiger partial charge in [0.1, 0.15) is 0 Å². The first-order valence-electron chi connectivity index (χ1n) is 6.19. The van der Waals surface area contributed by atoms with Gasteiger partial charge in [-0.2, -0.15) is 0 Å². The number of hydrogen-bond acceptors (Lipinski definition) is 1. The fourth-order valence-electron chi connectivity index (χ4n) is 1.84. The van der Waals surface area contributed by atoms with Crippen LogP contribution in [-0.2, 0) is 6.54 Å². The van der Waals surface area contributed by atoms with Gasteiger partial charge in [-0.25, -0.2) is 0 Å². The number of benzene rings is 1. The minimum Gasteiger partial charge on any atom is -0.316 e. The van der Waals surface area contributed by atoms with E-state index in [4.69, 9.17) is 0 Å². The van der Waals surface area contributed by atoms with E-state index in [2.05, 4.69) is 43.1 Å². The van der Waals surface area contributed by atoms with Crippen LogP contribution in [-0.4, -0.2) is 7.05 Å². The Bertz CT molecular complexity index is 328. The molecule has 0 aromatic heterocycles. The lowest BCUT2D eigenvalue weighted by molar-refractivity contribution is 0.735. The second-order valence-electron chi connectivity index (χ2n) is 4.29. The predicted molar refractivity (Wildman–Crippen MR) is 72.4 cm³/mol. The molecule has 1 N–H and O–H groups in total. The van der Waals surface area contributed by atoms with Gasteiger partial charge in [0.2, 0.25) is 0 Å². The average molecular weight is 217 g/mol. The molecule has 0 atom stereocenters. The molecule has 0 fully saturated rings. The number of hydrogen-bond donors (Lipinski definition) is 1. The molecule has 0 aliphatic rings. The Morgan fingerprint density at radius 2 is 2.12 bits per heavy atom. The van der Waals surface area contributed by atoms with E-state index in [9.17, 15) is 0 Å². The molecule has 88 valence electrons. The lowest BCUT2D eigenvalue weighted by Crippen LogP contribution is -2.04. The maximum Gasteiger partial charge on any atom is 0.0202 e. The standard InChI is InChI=1S/C15H23N/c1-4-5-6-8-13(2)15-10-7-9-14(11-15)12-16-3/h7,9-11,16H,2,4-6,8,12H2,1,3H3. The fourth-order valence-corrected chi connectivity index (χ4v) is 1.84. The molecule has 1 aromatic carbocycles. The van der Waals surface area contributed by atoms with Crippen LogP contribution in [0.5, 0.6) is 0 Å². The molecule has 1 nitrogen and oxygen atoms in total. The largest absolute Gasteiger partial charge is 0.316 e. The average Bonchev–Trinajstić information content (AvgIpc) is 2.30. The number of nitrogens with one attached hydrogen (secondary N) is 1. The minimum absolute atomic E-state index is 0.927. The third kappa shape index (κ3) is 4.19. The molecular weight excluding hydrogens is 194 g/mol. The molecule has 0 heterocycles. The van der Waals surface area contributed by atoms with Gasteiger partial charge in [-0.15, -0.1) is 0 Å². The van der Waals surface area contributed by atoms with E-state index in [1.165, 1.54) is 36.0 Å². The number of rotatable bonds is 7. The predicted octanol–water partition coefficient (Wildman–Crippen LogP) is 4.00. The van der Waals surface area contributed by atoms with Crippen LogP contribution in [0.1, 0.15) is 43.7 Å². The zero-order valence-corrected chi connectivity index (χ0v) is 10.6. The lowest BCUT2D eigenvalue weighted by atomic mass is 9.99. The fraction of sp³-hybridized carbons (Fsp3) is 0.467. The first-order chi connectivity index (χ1) is 7.77. The molecule has 0 unspecified atom stereocenters. The minimum atomic E-state index is 0.927. The summed E-state index contributed by atoms with van der Waals surface area (Å²) in [5.74, 6) is 0. The Morgan fingerprint density at radius 1 is 1.31 bits per heavy atom. The topological polar surface area (TPSA) is 12.0 Å². The zero-order chi connectivity index (χ0) is 11.8. The zero-order valence-electron chi connectivity index (χ0n) is 10.6. The molecule has 1 rings (SSSR count). The summed E-state index contributed by atoms with van der Waals surface area (Å²) in [6, 6.07) is 8.67. The van der Waals surface area contributed by atoms with Crippen LogP contribution in [0.3, 0.4) is 0 Å². The summed E-state index contributed by atoms with van der Waals surface area (Å²) in [7, 11) is 1.97. The molecule has 0 bridgehead atoms. The summed E-state index contributed by atoms with van der Waals surface area (Å²) < 4.78 is 0. The van der Waals surface area contributed by atoms with Crippen LogP contribution in [0.15, 0.2) is 30.8 Å². The van der Waals surface area contributed by atoms with Crippen molar-refractivity contribution in [1.82, 2.24) is 5.32 Å². The van der Waals surface area contributed by atoms with E-state index in [-0.39, 0.29) is 0 Å². The second-order valence-corrected chi connectivity index (χ2v) is 4.29. The van der Waals surface area contributed by atoms with Crippen molar-refractivity contribution in [2.45, 2.75) is 39.2 Å². The molecule has 0 amide bonds. The summed E-state index contributed by atoms with van der Waals surface area (Å²) in [6.45, 7) is 7.34. The molecule has 0 saturated heterocycles. The first kappa shape index (κ1) is 13.0. The van der Waals surface area contributed by atoms with Crippen molar-refractivity contribution < 1.29 is 0 Å². The van der Waals surface area contributed by atoms with E-state index in [0.29, 0.717) is 0 Å². The molecule has 0 spiro atoms. The van der Waals surface area contributed by atoms with Crippen molar-refractivity contribution in [3.63, 3.8) is 0 Å². The smallest absolute Gasteiger partial charge is 0.0202 e. The van der Waals surface area contributed by atoms with E-state index < -0.39 is 0 Å². The molecule has 0 aliphatic heterocycles. The highest BCUT2D eigenvalue weighted by Gasteiger charge is 2.00. The molecule has 16 heavy (non-hydrogen) atoms. The number of allylic oxidation sites excluding steroid dienone is 1. The Kier molecular flexibility index (Phi) is 5.87. The highest BCUT2D eigenvalue weighted by molar-refractivity contribution is 5.63. The lowest BCUT2D eigenvalue weighted by Gasteiger charge is -2.08.